The van der Waals surface area contributed by atoms with E-state index < -0.39 is 6.10 Å². The van der Waals surface area contributed by atoms with Gasteiger partial charge < -0.3 is 4.74 Å². The molecular weight excluding hydrogens is 200 g/mol. The van der Waals surface area contributed by atoms with Crippen LogP contribution in [0.4, 0.5) is 0 Å². The number of unbranched alkanes of at least 4 members (excludes halogenated alkanes) is 4. The summed E-state index contributed by atoms with van der Waals surface area (Å²) in [4.78, 5) is 11.1. The van der Waals surface area contributed by atoms with Gasteiger partial charge in [0.25, 0.3) is 0 Å². The SMILES string of the molecule is [CH2]C(C=CCCCCCC)OC(=O)C(=C)C. The van der Waals surface area contributed by atoms with Crippen molar-refractivity contribution in [3.8, 4) is 0 Å². The van der Waals surface area contributed by atoms with Gasteiger partial charge in [0.05, 0.1) is 0 Å². The maximum atomic E-state index is 11.1. The van der Waals surface area contributed by atoms with E-state index in [0.29, 0.717) is 5.57 Å². The number of hydrogen-bond acceptors (Lipinski definition) is 2. The van der Waals surface area contributed by atoms with Gasteiger partial charge in [-0.25, -0.2) is 4.79 Å². The molecule has 0 heterocycles. The molecule has 1 atom stereocenters. The van der Waals surface area contributed by atoms with Crippen LogP contribution >= 0.6 is 0 Å². The van der Waals surface area contributed by atoms with Crippen molar-refractivity contribution in [2.24, 2.45) is 0 Å². The molecule has 91 valence electrons. The highest BCUT2D eigenvalue weighted by Gasteiger charge is 2.06. The molecule has 0 fully saturated rings. The average Bonchev–Trinajstić information content (AvgIpc) is 2.23. The molecule has 0 aliphatic carbocycles. The second kappa shape index (κ2) is 9.20. The summed E-state index contributed by atoms with van der Waals surface area (Å²) in [6, 6.07) is 0. The third-order valence-electron chi connectivity index (χ3n) is 2.18. The molecule has 1 radical (unpaired) electrons. The lowest BCUT2D eigenvalue weighted by atomic mass is 10.1. The number of esters is 1. The third kappa shape index (κ3) is 8.27. The minimum absolute atomic E-state index is 0.379. The van der Waals surface area contributed by atoms with Crippen molar-refractivity contribution in [2.75, 3.05) is 0 Å². The molecule has 0 rings (SSSR count). The van der Waals surface area contributed by atoms with Crippen molar-refractivity contribution in [3.05, 3.63) is 31.2 Å². The van der Waals surface area contributed by atoms with Gasteiger partial charge in [-0.1, -0.05) is 38.8 Å². The molecule has 0 aromatic heterocycles. The van der Waals surface area contributed by atoms with Gasteiger partial charge in [-0.2, -0.15) is 0 Å². The fraction of sp³-hybridized carbons (Fsp3) is 0.571. The van der Waals surface area contributed by atoms with E-state index in [9.17, 15) is 4.79 Å². The molecule has 0 aliphatic heterocycles. The smallest absolute Gasteiger partial charge is 0.333 e. The number of carbonyl (C=O) groups excluding carboxylic acids is 1. The molecule has 0 aromatic carbocycles. The maximum Gasteiger partial charge on any atom is 0.333 e. The van der Waals surface area contributed by atoms with Crippen molar-refractivity contribution < 1.29 is 9.53 Å². The molecule has 0 amide bonds. The van der Waals surface area contributed by atoms with E-state index in [4.69, 9.17) is 4.74 Å². The highest BCUT2D eigenvalue weighted by molar-refractivity contribution is 5.87. The van der Waals surface area contributed by atoms with Crippen LogP contribution in [0.3, 0.4) is 0 Å². The lowest BCUT2D eigenvalue weighted by Crippen LogP contribution is -2.13. The van der Waals surface area contributed by atoms with Crippen LogP contribution in [0.25, 0.3) is 0 Å². The lowest BCUT2D eigenvalue weighted by molar-refractivity contribution is -0.140. The van der Waals surface area contributed by atoms with Crippen molar-refractivity contribution in [2.45, 2.75) is 52.1 Å². The summed E-state index contributed by atoms with van der Waals surface area (Å²) in [7, 11) is 0. The molecule has 1 unspecified atom stereocenters. The van der Waals surface area contributed by atoms with E-state index in [1.54, 1.807) is 6.92 Å². The van der Waals surface area contributed by atoms with Gasteiger partial charge in [0, 0.05) is 5.57 Å². The Kier molecular flexibility index (Phi) is 8.59. The molecule has 0 saturated heterocycles. The Morgan fingerprint density at radius 2 is 2.06 bits per heavy atom. The van der Waals surface area contributed by atoms with Crippen LogP contribution in [0.15, 0.2) is 24.3 Å². The van der Waals surface area contributed by atoms with E-state index in [2.05, 4.69) is 20.4 Å². The lowest BCUT2D eigenvalue weighted by Gasteiger charge is -2.08. The summed E-state index contributed by atoms with van der Waals surface area (Å²) in [5, 5.41) is 0. The summed E-state index contributed by atoms with van der Waals surface area (Å²) in [5.74, 6) is -0.379. The predicted molar refractivity (Wildman–Crippen MR) is 68.0 cm³/mol. The van der Waals surface area contributed by atoms with Crippen LogP contribution in [-0.2, 0) is 9.53 Å². The normalized spacial score (nSPS) is 12.7. The first kappa shape index (κ1) is 14.9. The van der Waals surface area contributed by atoms with Gasteiger partial charge in [0.2, 0.25) is 0 Å². The first-order chi connectivity index (χ1) is 7.57. The van der Waals surface area contributed by atoms with E-state index in [1.165, 1.54) is 25.7 Å². The summed E-state index contributed by atoms with van der Waals surface area (Å²) in [6.45, 7) is 11.1. The van der Waals surface area contributed by atoms with E-state index >= 15 is 0 Å². The minimum atomic E-state index is -0.407. The number of rotatable bonds is 8. The molecule has 0 saturated carbocycles. The Morgan fingerprint density at radius 3 is 2.62 bits per heavy atom. The Hall–Kier alpha value is -1.05. The Bertz CT molecular complexity index is 241. The van der Waals surface area contributed by atoms with Crippen LogP contribution in [0, 0.1) is 6.92 Å². The zero-order valence-corrected chi connectivity index (χ0v) is 10.5. The van der Waals surface area contributed by atoms with Crippen LogP contribution in [0.1, 0.15) is 46.0 Å². The first-order valence-corrected chi connectivity index (χ1v) is 5.94. The monoisotopic (exact) mass is 223 g/mol. The van der Waals surface area contributed by atoms with Gasteiger partial charge in [-0.15, -0.1) is 0 Å². The molecule has 2 nitrogen and oxygen atoms in total. The molecule has 2 heteroatoms. The zero-order valence-electron chi connectivity index (χ0n) is 10.5. The largest absolute Gasteiger partial charge is 0.455 e. The fourth-order valence-corrected chi connectivity index (χ4v) is 1.21. The Balaban J connectivity index is 3.62. The van der Waals surface area contributed by atoms with Crippen molar-refractivity contribution in [3.63, 3.8) is 0 Å². The summed E-state index contributed by atoms with van der Waals surface area (Å²) in [5.41, 5.74) is 0.407. The predicted octanol–water partition coefficient (Wildman–Crippen LogP) is 3.83. The van der Waals surface area contributed by atoms with Crippen molar-refractivity contribution in [1.29, 1.82) is 0 Å². The average molecular weight is 223 g/mol. The fourth-order valence-electron chi connectivity index (χ4n) is 1.21. The molecule has 0 aromatic rings. The molecule has 0 N–H and O–H groups in total. The zero-order chi connectivity index (χ0) is 12.4. The molecular formula is C14H23O2. The molecule has 16 heavy (non-hydrogen) atoms. The topological polar surface area (TPSA) is 26.3 Å². The first-order valence-electron chi connectivity index (χ1n) is 5.94. The van der Waals surface area contributed by atoms with E-state index in [0.717, 1.165) is 6.42 Å². The van der Waals surface area contributed by atoms with Gasteiger partial charge in [0.1, 0.15) is 6.10 Å². The van der Waals surface area contributed by atoms with Gasteiger partial charge in [-0.3, -0.25) is 0 Å². The maximum absolute atomic E-state index is 11.1. The van der Waals surface area contributed by atoms with Gasteiger partial charge in [0.15, 0.2) is 0 Å². The Morgan fingerprint density at radius 1 is 1.38 bits per heavy atom. The number of hydrogen-bond donors (Lipinski definition) is 0. The second-order valence-corrected chi connectivity index (χ2v) is 4.00. The van der Waals surface area contributed by atoms with E-state index in [1.807, 2.05) is 12.2 Å². The molecule has 0 aliphatic rings. The highest BCUT2D eigenvalue weighted by Crippen LogP contribution is 2.05. The molecule has 0 spiro atoms. The standard InChI is InChI=1S/C14H23O2/c1-5-6-7-8-9-10-11-13(4)16-14(15)12(2)3/h10-11,13H,2,4-9H2,1,3H3. The third-order valence-corrected chi connectivity index (χ3v) is 2.18. The van der Waals surface area contributed by atoms with Crippen LogP contribution < -0.4 is 0 Å². The van der Waals surface area contributed by atoms with Crippen LogP contribution in [0.5, 0.6) is 0 Å². The summed E-state index contributed by atoms with van der Waals surface area (Å²) < 4.78 is 5.00. The quantitative estimate of drug-likeness (QED) is 0.270. The summed E-state index contributed by atoms with van der Waals surface area (Å²) in [6.07, 6.45) is 9.45. The van der Waals surface area contributed by atoms with Crippen molar-refractivity contribution in [1.82, 2.24) is 0 Å². The van der Waals surface area contributed by atoms with Gasteiger partial charge in [-0.05, 0) is 32.8 Å². The van der Waals surface area contributed by atoms with Crippen molar-refractivity contribution >= 4 is 5.97 Å². The number of allylic oxidation sites excluding steroid dienone is 1. The van der Waals surface area contributed by atoms with Crippen LogP contribution in [0.2, 0.25) is 0 Å². The minimum Gasteiger partial charge on any atom is -0.455 e. The highest BCUT2D eigenvalue weighted by atomic mass is 16.5. The second-order valence-electron chi connectivity index (χ2n) is 4.00. The van der Waals surface area contributed by atoms with Gasteiger partial charge >= 0.3 is 5.97 Å². The summed E-state index contributed by atoms with van der Waals surface area (Å²) >= 11 is 0. The number of carbonyl (C=O) groups is 1. The van der Waals surface area contributed by atoms with Crippen LogP contribution in [-0.4, -0.2) is 12.1 Å². The van der Waals surface area contributed by atoms with E-state index in [-0.39, 0.29) is 5.97 Å². The Labute approximate surface area is 99.4 Å². The number of ether oxygens (including phenoxy) is 1. The molecule has 0 bridgehead atoms.